The van der Waals surface area contributed by atoms with Crippen molar-refractivity contribution in [2.24, 2.45) is 0 Å². The standard InChI is InChI=1S/C29H36Cl2FN7O3/c1-3-19-16-38(11-12-39(19)20-7-9-37(10-8-20)15-17-5-6-18(30)13-21(17)32)29-27(31)35-22(28(33)36-29)14-34-23-24(40)25(41)26(23)42-4-2/h5-6,13,19-20,34H,3-4,7-12,14-16H2,1-2H3,(H2,33,36)/t19-/m0/s1. The van der Waals surface area contributed by atoms with Gasteiger partial charge in [-0.15, -0.1) is 0 Å². The van der Waals surface area contributed by atoms with Gasteiger partial charge in [0.25, 0.3) is 10.9 Å². The zero-order valence-electron chi connectivity index (χ0n) is 23.8. The van der Waals surface area contributed by atoms with Crippen LogP contribution in [-0.2, 0) is 13.1 Å². The molecule has 1 atom stereocenters. The summed E-state index contributed by atoms with van der Waals surface area (Å²) in [6.07, 6.45) is 3.02. The summed E-state index contributed by atoms with van der Waals surface area (Å²) in [5, 5.41) is 3.55. The lowest BCUT2D eigenvalue weighted by atomic mass is 9.98. The third-order valence-electron chi connectivity index (χ3n) is 8.26. The van der Waals surface area contributed by atoms with Gasteiger partial charge in [-0.1, -0.05) is 36.2 Å². The molecule has 13 heteroatoms. The largest absolute Gasteiger partial charge is 0.488 e. The van der Waals surface area contributed by atoms with Crippen LogP contribution in [0.15, 0.2) is 27.8 Å². The molecule has 2 aromatic carbocycles. The summed E-state index contributed by atoms with van der Waals surface area (Å²) in [6, 6.07) is 5.66. The Hall–Kier alpha value is -2.99. The second-order valence-electron chi connectivity index (χ2n) is 10.8. The summed E-state index contributed by atoms with van der Waals surface area (Å²) in [5.41, 5.74) is 6.16. The lowest BCUT2D eigenvalue weighted by Gasteiger charge is -2.47. The molecule has 2 aliphatic heterocycles. The van der Waals surface area contributed by atoms with E-state index in [0.29, 0.717) is 40.7 Å². The van der Waals surface area contributed by atoms with E-state index in [1.165, 1.54) is 6.07 Å². The topological polar surface area (TPSA) is 117 Å². The quantitative estimate of drug-likeness (QED) is 0.325. The number of ether oxygens (including phenoxy) is 1. The molecule has 42 heavy (non-hydrogen) atoms. The first-order valence-electron chi connectivity index (χ1n) is 14.4. The van der Waals surface area contributed by atoms with Gasteiger partial charge in [-0.25, -0.2) is 14.4 Å². The number of aromatic nitrogens is 2. The van der Waals surface area contributed by atoms with E-state index in [0.717, 1.165) is 52.0 Å². The second kappa shape index (κ2) is 13.1. The van der Waals surface area contributed by atoms with Gasteiger partial charge in [-0.3, -0.25) is 19.4 Å². The minimum atomic E-state index is -0.643. The lowest BCUT2D eigenvalue weighted by molar-refractivity contribution is 0.0607. The molecule has 0 aliphatic carbocycles. The van der Waals surface area contributed by atoms with Crippen LogP contribution in [0, 0.1) is 5.82 Å². The molecule has 5 rings (SSSR count). The van der Waals surface area contributed by atoms with E-state index in [1.54, 1.807) is 19.1 Å². The summed E-state index contributed by atoms with van der Waals surface area (Å²) in [4.78, 5) is 39.7. The summed E-state index contributed by atoms with van der Waals surface area (Å²) in [6.45, 7) is 9.04. The molecule has 2 aliphatic rings. The van der Waals surface area contributed by atoms with Crippen LogP contribution in [0.5, 0.6) is 5.75 Å². The highest BCUT2D eigenvalue weighted by molar-refractivity contribution is 6.31. The minimum absolute atomic E-state index is 0.0290. The van der Waals surface area contributed by atoms with Crippen molar-refractivity contribution in [3.05, 3.63) is 65.9 Å². The monoisotopic (exact) mass is 619 g/mol. The van der Waals surface area contributed by atoms with E-state index in [2.05, 4.69) is 36.9 Å². The zero-order chi connectivity index (χ0) is 30.0. The maximum atomic E-state index is 14.3. The van der Waals surface area contributed by atoms with Gasteiger partial charge in [-0.2, -0.15) is 0 Å². The third kappa shape index (κ3) is 6.34. The first-order chi connectivity index (χ1) is 20.2. The molecule has 3 heterocycles. The van der Waals surface area contributed by atoms with Crippen molar-refractivity contribution in [2.45, 2.75) is 58.3 Å². The van der Waals surface area contributed by atoms with Gasteiger partial charge in [0.2, 0.25) is 0 Å². The molecule has 0 amide bonds. The fourth-order valence-corrected chi connectivity index (χ4v) is 6.40. The number of rotatable bonds is 10. The molecule has 0 spiro atoms. The van der Waals surface area contributed by atoms with E-state index < -0.39 is 10.9 Å². The van der Waals surface area contributed by atoms with Crippen LogP contribution in [0.1, 0.15) is 44.4 Å². The van der Waals surface area contributed by atoms with Crippen LogP contribution in [0.2, 0.25) is 10.2 Å². The average molecular weight is 621 g/mol. The van der Waals surface area contributed by atoms with Crippen LogP contribution >= 0.6 is 23.2 Å². The Morgan fingerprint density at radius 2 is 1.86 bits per heavy atom. The number of likely N-dealkylation sites (tertiary alicyclic amines) is 1. The van der Waals surface area contributed by atoms with Crippen LogP contribution in [0.25, 0.3) is 0 Å². The Balaban J connectivity index is 1.18. The van der Waals surface area contributed by atoms with Crippen LogP contribution in [-0.4, -0.2) is 71.2 Å². The summed E-state index contributed by atoms with van der Waals surface area (Å²) < 4.78 is 19.5. The Labute approximate surface area is 254 Å². The molecule has 0 bridgehead atoms. The lowest BCUT2D eigenvalue weighted by Crippen LogP contribution is -2.58. The van der Waals surface area contributed by atoms with Gasteiger partial charge < -0.3 is 20.7 Å². The number of hydrogen-bond donors (Lipinski definition) is 2. The highest BCUT2D eigenvalue weighted by atomic mass is 35.5. The van der Waals surface area contributed by atoms with Crippen molar-refractivity contribution >= 4 is 40.5 Å². The van der Waals surface area contributed by atoms with Gasteiger partial charge in [0.1, 0.15) is 23.0 Å². The number of anilines is 3. The average Bonchev–Trinajstić information content (AvgIpc) is 2.99. The SMILES string of the molecule is CCOc1c(NCc2nc(Cl)c(N3CCN(C4CCN(Cc5ccc(Cl)cc5F)CC4)[C@@H](CC)C3)nc2N)c(=O)c1=O. The number of hydrogen-bond acceptors (Lipinski definition) is 10. The number of nitrogens with two attached hydrogens (primary N) is 1. The predicted octanol–water partition coefficient (Wildman–Crippen LogP) is 3.68. The normalized spacial score (nSPS) is 19.0. The van der Waals surface area contributed by atoms with Gasteiger partial charge in [0, 0.05) is 48.8 Å². The smallest absolute Gasteiger partial charge is 0.272 e. The van der Waals surface area contributed by atoms with Gasteiger partial charge in [0.05, 0.1) is 13.2 Å². The van der Waals surface area contributed by atoms with Gasteiger partial charge in [0.15, 0.2) is 16.7 Å². The summed E-state index contributed by atoms with van der Waals surface area (Å²) in [7, 11) is 0. The maximum Gasteiger partial charge on any atom is 0.272 e. The molecule has 3 aromatic rings. The van der Waals surface area contributed by atoms with E-state index >= 15 is 0 Å². The number of nitrogen functional groups attached to an aromatic ring is 1. The van der Waals surface area contributed by atoms with Gasteiger partial charge in [-0.05, 0) is 51.4 Å². The number of benzene rings is 1. The first-order valence-corrected chi connectivity index (χ1v) is 15.1. The Kier molecular flexibility index (Phi) is 9.51. The van der Waals surface area contributed by atoms with Crippen LogP contribution in [0.4, 0.5) is 21.7 Å². The molecule has 226 valence electrons. The van der Waals surface area contributed by atoms with Gasteiger partial charge >= 0.3 is 0 Å². The molecule has 2 fully saturated rings. The molecule has 0 unspecified atom stereocenters. The van der Waals surface area contributed by atoms with Crippen LogP contribution in [0.3, 0.4) is 0 Å². The van der Waals surface area contributed by atoms with Crippen molar-refractivity contribution in [2.75, 3.05) is 55.3 Å². The Morgan fingerprint density at radius 3 is 2.55 bits per heavy atom. The second-order valence-corrected chi connectivity index (χ2v) is 11.6. The number of halogens is 3. The third-order valence-corrected chi connectivity index (χ3v) is 8.75. The molecule has 10 nitrogen and oxygen atoms in total. The molecular weight excluding hydrogens is 584 g/mol. The molecule has 3 N–H and O–H groups in total. The summed E-state index contributed by atoms with van der Waals surface area (Å²) in [5.74, 6) is 0.524. The molecule has 2 saturated heterocycles. The van der Waals surface area contributed by atoms with E-state index in [1.807, 2.05) is 0 Å². The number of nitrogens with one attached hydrogen (secondary N) is 1. The highest BCUT2D eigenvalue weighted by Gasteiger charge is 2.34. The highest BCUT2D eigenvalue weighted by Crippen LogP contribution is 2.30. The fraction of sp³-hybridized carbons (Fsp3) is 0.517. The van der Waals surface area contributed by atoms with Crippen molar-refractivity contribution in [3.63, 3.8) is 0 Å². The van der Waals surface area contributed by atoms with E-state index in [4.69, 9.17) is 33.7 Å². The number of piperidine rings is 1. The summed E-state index contributed by atoms with van der Waals surface area (Å²) >= 11 is 12.5. The Morgan fingerprint density at radius 1 is 1.10 bits per heavy atom. The minimum Gasteiger partial charge on any atom is -0.488 e. The molecular formula is C29H36Cl2FN7O3. The fourth-order valence-electron chi connectivity index (χ4n) is 5.97. The molecule has 1 aromatic heterocycles. The van der Waals surface area contributed by atoms with E-state index in [-0.39, 0.29) is 41.4 Å². The molecule has 0 radical (unpaired) electrons. The predicted molar refractivity (Wildman–Crippen MR) is 164 cm³/mol. The Bertz CT molecular complexity index is 1490. The number of nitrogens with zero attached hydrogens (tertiary/aromatic N) is 5. The maximum absolute atomic E-state index is 14.3. The zero-order valence-corrected chi connectivity index (χ0v) is 25.3. The van der Waals surface area contributed by atoms with Crippen molar-refractivity contribution in [3.8, 4) is 5.75 Å². The van der Waals surface area contributed by atoms with Crippen molar-refractivity contribution in [1.29, 1.82) is 0 Å². The molecule has 0 saturated carbocycles. The first kappa shape index (κ1) is 30.5. The van der Waals surface area contributed by atoms with Crippen molar-refractivity contribution in [1.82, 2.24) is 19.8 Å². The van der Waals surface area contributed by atoms with Crippen molar-refractivity contribution < 1.29 is 9.13 Å². The number of piperazine rings is 1. The van der Waals surface area contributed by atoms with Crippen LogP contribution < -0.4 is 31.5 Å². The van der Waals surface area contributed by atoms with E-state index in [9.17, 15) is 14.0 Å².